The van der Waals surface area contributed by atoms with Crippen LogP contribution in [-0.4, -0.2) is 18.6 Å². The first-order valence-electron chi connectivity index (χ1n) is 4.27. The van der Waals surface area contributed by atoms with Crippen LogP contribution >= 0.6 is 0 Å². The van der Waals surface area contributed by atoms with Crippen LogP contribution in [0.2, 0.25) is 0 Å². The zero-order valence-electron chi connectivity index (χ0n) is 8.04. The number of pyridine rings is 1. The summed E-state index contributed by atoms with van der Waals surface area (Å²) in [6.45, 7) is 2.85. The fourth-order valence-corrected chi connectivity index (χ4v) is 1.10. The second kappa shape index (κ2) is 4.62. The molecule has 0 bridgehead atoms. The molecular formula is C10H15N3. The van der Waals surface area contributed by atoms with Gasteiger partial charge < -0.3 is 11.1 Å². The Kier molecular flexibility index (Phi) is 3.46. The summed E-state index contributed by atoms with van der Waals surface area (Å²) in [6.07, 6.45) is 3.97. The summed E-state index contributed by atoms with van der Waals surface area (Å²) in [6, 6.07) is 3.86. The van der Waals surface area contributed by atoms with E-state index in [0.29, 0.717) is 5.82 Å². The van der Waals surface area contributed by atoms with E-state index < -0.39 is 0 Å². The smallest absolute Gasteiger partial charge is 0.124 e. The average Bonchev–Trinajstić information content (AvgIpc) is 2.03. The third-order valence-electron chi connectivity index (χ3n) is 1.62. The molecule has 0 saturated carbocycles. The minimum Gasteiger partial charge on any atom is -0.384 e. The van der Waals surface area contributed by atoms with Gasteiger partial charge in [0, 0.05) is 6.54 Å². The number of rotatable bonds is 3. The van der Waals surface area contributed by atoms with Gasteiger partial charge in [-0.2, -0.15) is 0 Å². The van der Waals surface area contributed by atoms with Crippen LogP contribution < -0.4 is 11.1 Å². The molecule has 0 aliphatic rings. The van der Waals surface area contributed by atoms with Crippen LogP contribution in [0.1, 0.15) is 11.3 Å². The van der Waals surface area contributed by atoms with Gasteiger partial charge in [-0.1, -0.05) is 6.08 Å². The molecular weight excluding hydrogens is 162 g/mol. The summed E-state index contributed by atoms with van der Waals surface area (Å²) in [7, 11) is 1.91. The lowest BCUT2D eigenvalue weighted by Crippen LogP contribution is -2.03. The van der Waals surface area contributed by atoms with Gasteiger partial charge in [0.1, 0.15) is 5.82 Å². The Morgan fingerprint density at radius 3 is 2.92 bits per heavy atom. The van der Waals surface area contributed by atoms with E-state index in [1.807, 2.05) is 38.3 Å². The number of nitrogen functional groups attached to an aromatic ring is 1. The molecule has 0 radical (unpaired) electrons. The summed E-state index contributed by atoms with van der Waals surface area (Å²) in [4.78, 5) is 4.17. The molecule has 0 aliphatic carbocycles. The highest BCUT2D eigenvalue weighted by molar-refractivity contribution is 5.49. The summed E-state index contributed by atoms with van der Waals surface area (Å²) < 4.78 is 0. The van der Waals surface area contributed by atoms with Crippen molar-refractivity contribution in [1.29, 1.82) is 0 Å². The van der Waals surface area contributed by atoms with E-state index in [1.54, 1.807) is 0 Å². The van der Waals surface area contributed by atoms with Gasteiger partial charge in [-0.05, 0) is 37.7 Å². The van der Waals surface area contributed by atoms with Crippen LogP contribution in [0.3, 0.4) is 0 Å². The maximum atomic E-state index is 5.60. The molecule has 1 rings (SSSR count). The molecule has 0 amide bonds. The Balaban J connectivity index is 2.77. The number of nitrogens with one attached hydrogen (secondary N) is 1. The largest absolute Gasteiger partial charge is 0.384 e. The molecule has 13 heavy (non-hydrogen) atoms. The molecule has 1 aromatic heterocycles. The molecule has 0 aromatic carbocycles. The number of nitrogens with two attached hydrogens (primary N) is 1. The fourth-order valence-electron chi connectivity index (χ4n) is 1.10. The normalized spacial score (nSPS) is 10.9. The van der Waals surface area contributed by atoms with Gasteiger partial charge in [0.25, 0.3) is 0 Å². The van der Waals surface area contributed by atoms with Crippen molar-refractivity contribution in [3.63, 3.8) is 0 Å². The number of aryl methyl sites for hydroxylation is 1. The van der Waals surface area contributed by atoms with Gasteiger partial charge in [-0.3, -0.25) is 0 Å². The van der Waals surface area contributed by atoms with Gasteiger partial charge in [0.05, 0.1) is 5.69 Å². The minimum absolute atomic E-state index is 0.573. The molecule has 70 valence electrons. The molecule has 3 N–H and O–H groups in total. The Morgan fingerprint density at radius 2 is 2.31 bits per heavy atom. The van der Waals surface area contributed by atoms with Gasteiger partial charge in [-0.25, -0.2) is 4.98 Å². The monoisotopic (exact) mass is 177 g/mol. The van der Waals surface area contributed by atoms with Crippen molar-refractivity contribution in [2.75, 3.05) is 19.3 Å². The lowest BCUT2D eigenvalue weighted by molar-refractivity contribution is 0.922. The third kappa shape index (κ3) is 3.25. The second-order valence-electron chi connectivity index (χ2n) is 2.95. The van der Waals surface area contributed by atoms with Crippen molar-refractivity contribution in [2.45, 2.75) is 6.92 Å². The van der Waals surface area contributed by atoms with Gasteiger partial charge in [-0.15, -0.1) is 0 Å². The zero-order valence-corrected chi connectivity index (χ0v) is 8.04. The minimum atomic E-state index is 0.573. The van der Waals surface area contributed by atoms with E-state index in [2.05, 4.69) is 10.3 Å². The van der Waals surface area contributed by atoms with Crippen molar-refractivity contribution >= 4 is 11.9 Å². The molecule has 1 heterocycles. The number of nitrogens with zero attached hydrogens (tertiary/aromatic N) is 1. The molecule has 0 fully saturated rings. The Hall–Kier alpha value is -1.35. The van der Waals surface area contributed by atoms with E-state index in [1.165, 1.54) is 0 Å². The maximum absolute atomic E-state index is 5.60. The predicted octanol–water partition coefficient (Wildman–Crippen LogP) is 1.20. The Bertz CT molecular complexity index is 285. The highest BCUT2D eigenvalue weighted by atomic mass is 14.8. The molecule has 0 unspecified atom stereocenters. The molecule has 0 saturated heterocycles. The Labute approximate surface area is 78.7 Å². The molecule has 0 atom stereocenters. The van der Waals surface area contributed by atoms with Gasteiger partial charge in [0.15, 0.2) is 0 Å². The van der Waals surface area contributed by atoms with Crippen molar-refractivity contribution in [1.82, 2.24) is 10.3 Å². The van der Waals surface area contributed by atoms with Crippen molar-refractivity contribution in [2.24, 2.45) is 0 Å². The predicted molar refractivity (Wildman–Crippen MR) is 56.3 cm³/mol. The lowest BCUT2D eigenvalue weighted by atomic mass is 10.2. The highest BCUT2D eigenvalue weighted by Gasteiger charge is 1.92. The number of anilines is 1. The second-order valence-corrected chi connectivity index (χ2v) is 2.95. The quantitative estimate of drug-likeness (QED) is 0.729. The first kappa shape index (κ1) is 9.74. The maximum Gasteiger partial charge on any atom is 0.124 e. The molecule has 3 nitrogen and oxygen atoms in total. The lowest BCUT2D eigenvalue weighted by Gasteiger charge is -1.98. The van der Waals surface area contributed by atoms with E-state index >= 15 is 0 Å². The number of aromatic nitrogens is 1. The highest BCUT2D eigenvalue weighted by Crippen LogP contribution is 2.07. The SMILES string of the molecule is CNCC=Cc1cc(C)cc(N)n1. The standard InChI is InChI=1S/C10H15N3/c1-8-6-9(4-3-5-12-2)13-10(11)7-8/h3-4,6-7,12H,5H2,1-2H3,(H2,11,13). The molecule has 1 aromatic rings. The van der Waals surface area contributed by atoms with Crippen LogP contribution in [0.25, 0.3) is 6.08 Å². The molecule has 0 aliphatic heterocycles. The first-order valence-corrected chi connectivity index (χ1v) is 4.27. The topological polar surface area (TPSA) is 50.9 Å². The van der Waals surface area contributed by atoms with Crippen molar-refractivity contribution in [3.05, 3.63) is 29.5 Å². The van der Waals surface area contributed by atoms with Crippen LogP contribution in [-0.2, 0) is 0 Å². The van der Waals surface area contributed by atoms with Crippen LogP contribution in [0, 0.1) is 6.92 Å². The first-order chi connectivity index (χ1) is 6.22. The fraction of sp³-hybridized carbons (Fsp3) is 0.300. The summed E-state index contributed by atoms with van der Waals surface area (Å²) in [5, 5.41) is 3.02. The molecule has 0 spiro atoms. The number of hydrogen-bond donors (Lipinski definition) is 2. The zero-order chi connectivity index (χ0) is 9.68. The summed E-state index contributed by atoms with van der Waals surface area (Å²) in [5.74, 6) is 0.573. The summed E-state index contributed by atoms with van der Waals surface area (Å²) in [5.41, 5.74) is 7.65. The molecule has 3 heteroatoms. The van der Waals surface area contributed by atoms with E-state index in [9.17, 15) is 0 Å². The van der Waals surface area contributed by atoms with Crippen LogP contribution in [0.4, 0.5) is 5.82 Å². The van der Waals surface area contributed by atoms with Crippen molar-refractivity contribution < 1.29 is 0 Å². The van der Waals surface area contributed by atoms with Crippen molar-refractivity contribution in [3.8, 4) is 0 Å². The number of likely N-dealkylation sites (N-methyl/N-ethyl adjacent to an activating group) is 1. The van der Waals surface area contributed by atoms with Gasteiger partial charge in [0.2, 0.25) is 0 Å². The van der Waals surface area contributed by atoms with Crippen LogP contribution in [0.5, 0.6) is 0 Å². The van der Waals surface area contributed by atoms with Gasteiger partial charge >= 0.3 is 0 Å². The van der Waals surface area contributed by atoms with Crippen LogP contribution in [0.15, 0.2) is 18.2 Å². The Morgan fingerprint density at radius 1 is 1.54 bits per heavy atom. The van der Waals surface area contributed by atoms with E-state index in [-0.39, 0.29) is 0 Å². The third-order valence-corrected chi connectivity index (χ3v) is 1.62. The van der Waals surface area contributed by atoms with E-state index in [4.69, 9.17) is 5.73 Å². The number of hydrogen-bond acceptors (Lipinski definition) is 3. The van der Waals surface area contributed by atoms with E-state index in [0.717, 1.165) is 17.8 Å². The summed E-state index contributed by atoms with van der Waals surface area (Å²) >= 11 is 0. The average molecular weight is 177 g/mol.